The Balaban J connectivity index is 2.11. The zero-order chi connectivity index (χ0) is 18.0. The molecule has 0 spiro atoms. The van der Waals surface area contributed by atoms with Gasteiger partial charge in [0.2, 0.25) is 5.91 Å². The first-order valence-corrected chi connectivity index (χ1v) is 9.11. The minimum atomic E-state index is -0.495. The van der Waals surface area contributed by atoms with E-state index in [1.807, 2.05) is 40.0 Å². The predicted octanol–water partition coefficient (Wildman–Crippen LogP) is 2.34. The molecule has 1 aromatic rings. The van der Waals surface area contributed by atoms with Crippen molar-refractivity contribution in [3.8, 4) is 0 Å². The van der Waals surface area contributed by atoms with Crippen LogP contribution in [0.15, 0.2) is 24.5 Å². The molecule has 24 heavy (non-hydrogen) atoms. The Morgan fingerprint density at radius 1 is 1.29 bits per heavy atom. The summed E-state index contributed by atoms with van der Waals surface area (Å²) >= 11 is 1.50. The van der Waals surface area contributed by atoms with Gasteiger partial charge < -0.3 is 15.0 Å². The minimum Gasteiger partial charge on any atom is -0.444 e. The second-order valence-electron chi connectivity index (χ2n) is 6.40. The van der Waals surface area contributed by atoms with Crippen LogP contribution >= 0.6 is 11.8 Å². The monoisotopic (exact) mass is 353 g/mol. The number of alkyl carbamates (subject to hydrolysis) is 1. The number of hydrogen-bond acceptors (Lipinski definition) is 5. The molecule has 0 aromatic carbocycles. The quantitative estimate of drug-likeness (QED) is 0.726. The smallest absolute Gasteiger partial charge is 0.407 e. The van der Waals surface area contributed by atoms with E-state index in [0.717, 1.165) is 6.42 Å². The molecule has 0 aliphatic carbocycles. The molecular formula is C17H27N3O3S. The zero-order valence-electron chi connectivity index (χ0n) is 14.9. The van der Waals surface area contributed by atoms with Gasteiger partial charge in [0.15, 0.2) is 0 Å². The van der Waals surface area contributed by atoms with Crippen molar-refractivity contribution in [3.63, 3.8) is 0 Å². The third kappa shape index (κ3) is 9.39. The lowest BCUT2D eigenvalue weighted by Gasteiger charge is -2.19. The van der Waals surface area contributed by atoms with E-state index >= 15 is 0 Å². The van der Waals surface area contributed by atoms with Gasteiger partial charge in [0, 0.05) is 38.3 Å². The Bertz CT molecular complexity index is 518. The maximum Gasteiger partial charge on any atom is 0.407 e. The second-order valence-corrected chi connectivity index (χ2v) is 7.51. The summed E-state index contributed by atoms with van der Waals surface area (Å²) < 4.78 is 5.14. The first-order chi connectivity index (χ1) is 11.3. The summed E-state index contributed by atoms with van der Waals surface area (Å²) in [5.74, 6) is 1.16. The van der Waals surface area contributed by atoms with E-state index in [2.05, 4.69) is 10.3 Å². The number of amides is 2. The van der Waals surface area contributed by atoms with Gasteiger partial charge in [0.25, 0.3) is 0 Å². The van der Waals surface area contributed by atoms with Crippen LogP contribution in [-0.4, -0.2) is 59.1 Å². The Morgan fingerprint density at radius 2 is 1.96 bits per heavy atom. The summed E-state index contributed by atoms with van der Waals surface area (Å²) in [6.45, 7) is 6.62. The summed E-state index contributed by atoms with van der Waals surface area (Å²) in [6, 6.07) is 3.91. The van der Waals surface area contributed by atoms with E-state index in [1.54, 1.807) is 17.3 Å². The van der Waals surface area contributed by atoms with Crippen LogP contribution in [0.2, 0.25) is 0 Å². The highest BCUT2D eigenvalue weighted by Crippen LogP contribution is 2.07. The molecule has 134 valence electrons. The molecule has 0 radical (unpaired) electrons. The average molecular weight is 353 g/mol. The second kappa shape index (κ2) is 10.2. The van der Waals surface area contributed by atoms with Crippen molar-refractivity contribution in [1.29, 1.82) is 0 Å². The highest BCUT2D eigenvalue weighted by molar-refractivity contribution is 7.99. The molecule has 1 rings (SSSR count). The molecule has 0 aliphatic heterocycles. The van der Waals surface area contributed by atoms with Crippen LogP contribution in [0.1, 0.15) is 26.3 Å². The molecule has 1 N–H and O–H groups in total. The minimum absolute atomic E-state index is 0.0892. The topological polar surface area (TPSA) is 71.5 Å². The number of nitrogens with one attached hydrogen (secondary N) is 1. The van der Waals surface area contributed by atoms with Gasteiger partial charge in [-0.3, -0.25) is 9.78 Å². The van der Waals surface area contributed by atoms with Crippen LogP contribution in [-0.2, 0) is 16.0 Å². The van der Waals surface area contributed by atoms with Crippen molar-refractivity contribution in [1.82, 2.24) is 15.2 Å². The van der Waals surface area contributed by atoms with Gasteiger partial charge in [-0.2, -0.15) is 11.8 Å². The first-order valence-electron chi connectivity index (χ1n) is 7.95. The molecule has 0 saturated carbocycles. The largest absolute Gasteiger partial charge is 0.444 e. The van der Waals surface area contributed by atoms with Crippen molar-refractivity contribution in [2.24, 2.45) is 0 Å². The molecule has 0 fully saturated rings. The molecule has 6 nitrogen and oxygen atoms in total. The van der Waals surface area contributed by atoms with Gasteiger partial charge in [-0.1, -0.05) is 0 Å². The number of pyridine rings is 1. The van der Waals surface area contributed by atoms with Crippen molar-refractivity contribution in [2.75, 3.05) is 31.6 Å². The van der Waals surface area contributed by atoms with Crippen molar-refractivity contribution in [2.45, 2.75) is 32.8 Å². The number of ether oxygens (including phenoxy) is 1. The molecule has 0 atom stereocenters. The van der Waals surface area contributed by atoms with Crippen molar-refractivity contribution in [3.05, 3.63) is 30.1 Å². The molecule has 7 heteroatoms. The predicted molar refractivity (Wildman–Crippen MR) is 97.1 cm³/mol. The first kappa shape index (κ1) is 20.3. The van der Waals surface area contributed by atoms with Crippen LogP contribution in [0.25, 0.3) is 0 Å². The number of likely N-dealkylation sites (N-methyl/N-ethyl adjacent to an activating group) is 1. The third-order valence-corrected chi connectivity index (χ3v) is 4.00. The Morgan fingerprint density at radius 3 is 2.58 bits per heavy atom. The third-order valence-electron chi connectivity index (χ3n) is 3.05. The lowest BCUT2D eigenvalue weighted by atomic mass is 10.2. The van der Waals surface area contributed by atoms with Crippen LogP contribution in [0, 0.1) is 0 Å². The molecule has 1 heterocycles. The summed E-state index contributed by atoms with van der Waals surface area (Å²) in [5, 5.41) is 2.68. The highest BCUT2D eigenvalue weighted by atomic mass is 32.2. The molecule has 0 saturated heterocycles. The van der Waals surface area contributed by atoms with Gasteiger partial charge in [0.05, 0.1) is 5.75 Å². The fourth-order valence-electron chi connectivity index (χ4n) is 1.78. The van der Waals surface area contributed by atoms with Crippen molar-refractivity contribution >= 4 is 23.8 Å². The average Bonchev–Trinajstić information content (AvgIpc) is 2.51. The lowest BCUT2D eigenvalue weighted by molar-refractivity contribution is -0.127. The number of thioether (sulfide) groups is 1. The zero-order valence-corrected chi connectivity index (χ0v) is 15.7. The van der Waals surface area contributed by atoms with Gasteiger partial charge in [-0.05, 0) is 44.9 Å². The fourth-order valence-corrected chi connectivity index (χ4v) is 2.57. The molecule has 0 aliphatic rings. The van der Waals surface area contributed by atoms with E-state index < -0.39 is 11.7 Å². The number of carbonyl (C=O) groups is 2. The SMILES string of the molecule is CN(CCc1ccncc1)C(=O)CSCCNC(=O)OC(C)(C)C. The summed E-state index contributed by atoms with van der Waals surface area (Å²) in [7, 11) is 1.81. The van der Waals surface area contributed by atoms with Crippen LogP contribution < -0.4 is 5.32 Å². The van der Waals surface area contributed by atoms with E-state index in [9.17, 15) is 9.59 Å². The standard InChI is InChI=1S/C17H27N3O3S/c1-17(2,3)23-16(22)19-10-12-24-13-15(21)20(4)11-7-14-5-8-18-9-6-14/h5-6,8-9H,7,10-13H2,1-4H3,(H,19,22). The number of hydrogen-bond donors (Lipinski definition) is 1. The fraction of sp³-hybridized carbons (Fsp3) is 0.588. The van der Waals surface area contributed by atoms with Gasteiger partial charge in [-0.15, -0.1) is 0 Å². The Kier molecular flexibility index (Phi) is 8.60. The Hall–Kier alpha value is -1.76. The summed E-state index contributed by atoms with van der Waals surface area (Å²) in [5.41, 5.74) is 0.670. The maximum atomic E-state index is 12.0. The van der Waals surface area contributed by atoms with Gasteiger partial charge in [-0.25, -0.2) is 4.79 Å². The molecule has 2 amide bonds. The number of aromatic nitrogens is 1. The van der Waals surface area contributed by atoms with Gasteiger partial charge >= 0.3 is 6.09 Å². The number of carbonyl (C=O) groups excluding carboxylic acids is 2. The highest BCUT2D eigenvalue weighted by Gasteiger charge is 2.15. The number of nitrogens with zero attached hydrogens (tertiary/aromatic N) is 2. The van der Waals surface area contributed by atoms with Crippen LogP contribution in [0.5, 0.6) is 0 Å². The summed E-state index contributed by atoms with van der Waals surface area (Å²) in [4.78, 5) is 29.2. The number of rotatable bonds is 8. The van der Waals surface area contributed by atoms with Crippen LogP contribution in [0.3, 0.4) is 0 Å². The Labute approximate surface area is 148 Å². The van der Waals surface area contributed by atoms with E-state index in [0.29, 0.717) is 24.6 Å². The lowest BCUT2D eigenvalue weighted by Crippen LogP contribution is -2.34. The van der Waals surface area contributed by atoms with Crippen molar-refractivity contribution < 1.29 is 14.3 Å². The van der Waals surface area contributed by atoms with Crippen LogP contribution in [0.4, 0.5) is 4.79 Å². The van der Waals surface area contributed by atoms with E-state index in [1.165, 1.54) is 17.3 Å². The molecule has 0 unspecified atom stereocenters. The van der Waals surface area contributed by atoms with E-state index in [4.69, 9.17) is 4.74 Å². The van der Waals surface area contributed by atoms with E-state index in [-0.39, 0.29) is 5.91 Å². The normalized spacial score (nSPS) is 11.0. The molecule has 1 aromatic heterocycles. The summed E-state index contributed by atoms with van der Waals surface area (Å²) in [6.07, 6.45) is 3.90. The molecular weight excluding hydrogens is 326 g/mol. The molecule has 0 bridgehead atoms. The maximum absolute atomic E-state index is 12.0. The van der Waals surface area contributed by atoms with Gasteiger partial charge in [0.1, 0.15) is 5.60 Å².